The molecule has 0 saturated carbocycles. The zero-order valence-corrected chi connectivity index (χ0v) is 13.8. The van der Waals surface area contributed by atoms with Gasteiger partial charge in [0.15, 0.2) is 18.0 Å². The maximum absolute atomic E-state index is 12.1. The van der Waals surface area contributed by atoms with E-state index in [0.29, 0.717) is 24.6 Å². The van der Waals surface area contributed by atoms with Crippen molar-refractivity contribution >= 4 is 5.91 Å². The summed E-state index contributed by atoms with van der Waals surface area (Å²) in [6.07, 6.45) is 2.44. The van der Waals surface area contributed by atoms with Gasteiger partial charge in [-0.3, -0.25) is 4.79 Å². The van der Waals surface area contributed by atoms with Gasteiger partial charge in [-0.25, -0.2) is 0 Å². The van der Waals surface area contributed by atoms with Gasteiger partial charge in [-0.05, 0) is 36.5 Å². The highest BCUT2D eigenvalue weighted by molar-refractivity contribution is 5.76. The van der Waals surface area contributed by atoms with Crippen LogP contribution in [-0.4, -0.2) is 39.8 Å². The molecule has 1 heterocycles. The van der Waals surface area contributed by atoms with Crippen molar-refractivity contribution in [2.45, 2.75) is 26.3 Å². The Morgan fingerprint density at radius 3 is 2.55 bits per heavy atom. The molecule has 22 heavy (non-hydrogen) atoms. The van der Waals surface area contributed by atoms with Gasteiger partial charge in [-0.1, -0.05) is 13.0 Å². The number of carbonyl (C=O) groups excluding carboxylic acids is 1. The van der Waals surface area contributed by atoms with Gasteiger partial charge in [0, 0.05) is 6.54 Å². The molecule has 1 aliphatic rings. The van der Waals surface area contributed by atoms with Crippen LogP contribution in [0.2, 0.25) is 0 Å². The van der Waals surface area contributed by atoms with Crippen LogP contribution in [0.5, 0.6) is 11.5 Å². The van der Waals surface area contributed by atoms with Gasteiger partial charge in [-0.15, -0.1) is 0 Å². The number of benzene rings is 1. The molecule has 122 valence electrons. The van der Waals surface area contributed by atoms with Crippen molar-refractivity contribution in [3.63, 3.8) is 0 Å². The highest BCUT2D eigenvalue weighted by Gasteiger charge is 2.21. The number of ether oxygens (including phenoxy) is 2. The Bertz CT molecular complexity index is 497. The molecule has 1 fully saturated rings. The SMILES string of the molecule is COc1ccc(CNC(=O)C[NH+]2CCC(C)CC2)cc1OC. The van der Waals surface area contributed by atoms with Crippen LogP contribution in [-0.2, 0) is 11.3 Å². The van der Waals surface area contributed by atoms with Gasteiger partial charge < -0.3 is 19.7 Å². The number of hydrogen-bond acceptors (Lipinski definition) is 3. The van der Waals surface area contributed by atoms with Gasteiger partial charge in [-0.2, -0.15) is 0 Å². The summed E-state index contributed by atoms with van der Waals surface area (Å²) >= 11 is 0. The number of nitrogens with one attached hydrogen (secondary N) is 2. The highest BCUT2D eigenvalue weighted by Crippen LogP contribution is 2.27. The van der Waals surface area contributed by atoms with E-state index in [2.05, 4.69) is 12.2 Å². The predicted molar refractivity (Wildman–Crippen MR) is 85.4 cm³/mol. The maximum Gasteiger partial charge on any atom is 0.275 e. The van der Waals surface area contributed by atoms with Crippen LogP contribution in [0.25, 0.3) is 0 Å². The van der Waals surface area contributed by atoms with Crippen LogP contribution in [0.4, 0.5) is 0 Å². The molecule has 0 unspecified atom stereocenters. The van der Waals surface area contributed by atoms with Crippen molar-refractivity contribution < 1.29 is 19.2 Å². The molecule has 1 amide bonds. The third-order valence-corrected chi connectivity index (χ3v) is 4.33. The molecule has 1 aromatic rings. The topological polar surface area (TPSA) is 52.0 Å². The van der Waals surface area contributed by atoms with Crippen LogP contribution in [0.15, 0.2) is 18.2 Å². The number of likely N-dealkylation sites (tertiary alicyclic amines) is 1. The highest BCUT2D eigenvalue weighted by atomic mass is 16.5. The van der Waals surface area contributed by atoms with E-state index in [9.17, 15) is 4.79 Å². The van der Waals surface area contributed by atoms with Crippen molar-refractivity contribution in [2.24, 2.45) is 5.92 Å². The van der Waals surface area contributed by atoms with Crippen molar-refractivity contribution in [1.82, 2.24) is 5.32 Å². The third-order valence-electron chi connectivity index (χ3n) is 4.33. The predicted octanol–water partition coefficient (Wildman–Crippen LogP) is 0.635. The molecule has 1 saturated heterocycles. The summed E-state index contributed by atoms with van der Waals surface area (Å²) < 4.78 is 10.5. The second-order valence-electron chi connectivity index (χ2n) is 6.08. The second kappa shape index (κ2) is 8.03. The minimum Gasteiger partial charge on any atom is -0.493 e. The Kier molecular flexibility index (Phi) is 6.07. The number of piperidine rings is 1. The smallest absolute Gasteiger partial charge is 0.275 e. The van der Waals surface area contributed by atoms with E-state index in [0.717, 1.165) is 24.6 Å². The number of hydrogen-bond donors (Lipinski definition) is 2. The normalized spacial score (nSPS) is 21.2. The standard InChI is InChI=1S/C17H26N2O3/c1-13-6-8-19(9-7-13)12-17(20)18-11-14-4-5-15(21-2)16(10-14)22-3/h4-5,10,13H,6-9,11-12H2,1-3H3,(H,18,20)/p+1. The summed E-state index contributed by atoms with van der Waals surface area (Å²) in [6.45, 7) is 5.58. The second-order valence-corrected chi connectivity index (χ2v) is 6.08. The zero-order valence-electron chi connectivity index (χ0n) is 13.8. The lowest BCUT2D eigenvalue weighted by Crippen LogP contribution is -3.14. The summed E-state index contributed by atoms with van der Waals surface area (Å²) in [4.78, 5) is 13.4. The van der Waals surface area contributed by atoms with Crippen LogP contribution in [0, 0.1) is 5.92 Å². The Hall–Kier alpha value is -1.75. The molecule has 0 aromatic heterocycles. The van der Waals surface area contributed by atoms with Gasteiger partial charge in [0.1, 0.15) is 0 Å². The molecule has 0 aliphatic carbocycles. The molecule has 5 nitrogen and oxygen atoms in total. The van der Waals surface area contributed by atoms with E-state index >= 15 is 0 Å². The quantitative estimate of drug-likeness (QED) is 0.811. The fraction of sp³-hybridized carbons (Fsp3) is 0.588. The molecule has 1 aliphatic heterocycles. The van der Waals surface area contributed by atoms with E-state index in [1.165, 1.54) is 17.7 Å². The van der Waals surface area contributed by atoms with Gasteiger partial charge in [0.25, 0.3) is 5.91 Å². The molecule has 2 rings (SSSR count). The fourth-order valence-electron chi connectivity index (χ4n) is 2.83. The molecule has 0 radical (unpaired) electrons. The van der Waals surface area contributed by atoms with Gasteiger partial charge in [0.05, 0.1) is 27.3 Å². The Morgan fingerprint density at radius 1 is 1.23 bits per heavy atom. The van der Waals surface area contributed by atoms with Gasteiger partial charge >= 0.3 is 0 Å². The molecule has 0 atom stereocenters. The fourth-order valence-corrected chi connectivity index (χ4v) is 2.83. The molecule has 2 N–H and O–H groups in total. The Balaban J connectivity index is 1.81. The lowest BCUT2D eigenvalue weighted by atomic mass is 9.99. The van der Waals surface area contributed by atoms with E-state index in [1.807, 2.05) is 18.2 Å². The van der Waals surface area contributed by atoms with Crippen LogP contribution in [0.3, 0.4) is 0 Å². The first-order chi connectivity index (χ1) is 10.6. The molecule has 1 aromatic carbocycles. The van der Waals surface area contributed by atoms with E-state index in [4.69, 9.17) is 9.47 Å². The Morgan fingerprint density at radius 2 is 1.91 bits per heavy atom. The Labute approximate surface area is 132 Å². The number of carbonyl (C=O) groups is 1. The largest absolute Gasteiger partial charge is 0.493 e. The molecular formula is C17H27N2O3+. The van der Waals surface area contributed by atoms with Gasteiger partial charge in [0.2, 0.25) is 0 Å². The number of quaternary nitrogens is 1. The van der Waals surface area contributed by atoms with E-state index < -0.39 is 0 Å². The lowest BCUT2D eigenvalue weighted by Gasteiger charge is -2.26. The van der Waals surface area contributed by atoms with E-state index in [-0.39, 0.29) is 5.91 Å². The van der Waals surface area contributed by atoms with Crippen LogP contribution in [0.1, 0.15) is 25.3 Å². The van der Waals surface area contributed by atoms with Crippen molar-refractivity contribution in [3.8, 4) is 11.5 Å². The first-order valence-electron chi connectivity index (χ1n) is 7.93. The molecule has 5 heteroatoms. The number of rotatable bonds is 6. The summed E-state index contributed by atoms with van der Waals surface area (Å²) in [5.74, 6) is 2.30. The molecule has 0 bridgehead atoms. The van der Waals surface area contributed by atoms with E-state index in [1.54, 1.807) is 14.2 Å². The maximum atomic E-state index is 12.1. The monoisotopic (exact) mass is 307 g/mol. The summed E-state index contributed by atoms with van der Waals surface area (Å²) in [7, 11) is 3.22. The minimum absolute atomic E-state index is 0.110. The van der Waals surface area contributed by atoms with Crippen molar-refractivity contribution in [3.05, 3.63) is 23.8 Å². The number of methoxy groups -OCH3 is 2. The minimum atomic E-state index is 0.110. The number of amides is 1. The molecular weight excluding hydrogens is 280 g/mol. The first-order valence-corrected chi connectivity index (χ1v) is 7.93. The van der Waals surface area contributed by atoms with Crippen LogP contribution < -0.4 is 19.7 Å². The first kappa shape index (κ1) is 16.6. The lowest BCUT2D eigenvalue weighted by molar-refractivity contribution is -0.898. The summed E-state index contributed by atoms with van der Waals surface area (Å²) in [6, 6.07) is 5.70. The average molecular weight is 307 g/mol. The van der Waals surface area contributed by atoms with Crippen molar-refractivity contribution in [2.75, 3.05) is 33.9 Å². The van der Waals surface area contributed by atoms with Crippen LogP contribution >= 0.6 is 0 Å². The average Bonchev–Trinajstić information content (AvgIpc) is 2.54. The molecule has 0 spiro atoms. The summed E-state index contributed by atoms with van der Waals surface area (Å²) in [5.41, 5.74) is 1.01. The third kappa shape index (κ3) is 4.63. The summed E-state index contributed by atoms with van der Waals surface area (Å²) in [5, 5.41) is 2.99. The van der Waals surface area contributed by atoms with Crippen molar-refractivity contribution in [1.29, 1.82) is 0 Å². The zero-order chi connectivity index (χ0) is 15.9.